The Morgan fingerprint density at radius 3 is 2.17 bits per heavy atom. The molecule has 0 spiro atoms. The quantitative estimate of drug-likeness (QED) is 0.423. The van der Waals surface area contributed by atoms with E-state index in [-0.39, 0.29) is 17.3 Å². The Bertz CT molecular complexity index is 1260. The first kappa shape index (κ1) is 26.9. The molecule has 0 unspecified atom stereocenters. The smallest absolute Gasteiger partial charge is 0.264 e. The van der Waals surface area contributed by atoms with Gasteiger partial charge in [-0.3, -0.25) is 13.9 Å². The van der Waals surface area contributed by atoms with Crippen LogP contribution in [0.25, 0.3) is 0 Å². The Morgan fingerprint density at radius 1 is 0.917 bits per heavy atom. The van der Waals surface area contributed by atoms with E-state index in [1.165, 1.54) is 17.0 Å². The fourth-order valence-electron chi connectivity index (χ4n) is 3.83. The van der Waals surface area contributed by atoms with Crippen molar-refractivity contribution < 1.29 is 18.0 Å². The van der Waals surface area contributed by atoms with Gasteiger partial charge in [-0.2, -0.15) is 0 Å². The fourth-order valence-corrected chi connectivity index (χ4v) is 5.26. The topological polar surface area (TPSA) is 86.8 Å². The number of anilines is 1. The summed E-state index contributed by atoms with van der Waals surface area (Å²) in [6, 6.07) is 23.4. The van der Waals surface area contributed by atoms with Gasteiger partial charge in [0.1, 0.15) is 12.6 Å². The van der Waals surface area contributed by atoms with Crippen LogP contribution in [0, 0.1) is 6.92 Å². The van der Waals surface area contributed by atoms with E-state index in [1.807, 2.05) is 38.1 Å². The van der Waals surface area contributed by atoms with Gasteiger partial charge in [0.05, 0.1) is 10.6 Å². The summed E-state index contributed by atoms with van der Waals surface area (Å²) in [6.07, 6.45) is 0.765. The number of nitrogens with one attached hydrogen (secondary N) is 1. The highest BCUT2D eigenvalue weighted by Gasteiger charge is 2.32. The molecular formula is C28H33N3O4S. The van der Waals surface area contributed by atoms with Crippen LogP contribution in [-0.4, -0.2) is 44.3 Å². The summed E-state index contributed by atoms with van der Waals surface area (Å²) < 4.78 is 28.3. The van der Waals surface area contributed by atoms with Crippen LogP contribution in [0.3, 0.4) is 0 Å². The molecular weight excluding hydrogens is 474 g/mol. The number of nitrogens with zero attached hydrogens (tertiary/aromatic N) is 2. The monoisotopic (exact) mass is 507 g/mol. The predicted octanol–water partition coefficient (Wildman–Crippen LogP) is 4.13. The molecule has 3 rings (SSSR count). The number of sulfonamides is 1. The van der Waals surface area contributed by atoms with Crippen LogP contribution < -0.4 is 9.62 Å². The molecule has 2 amide bonds. The first-order valence-corrected chi connectivity index (χ1v) is 13.4. The van der Waals surface area contributed by atoms with Gasteiger partial charge in [0, 0.05) is 13.1 Å². The van der Waals surface area contributed by atoms with Crippen LogP contribution in [0.5, 0.6) is 0 Å². The van der Waals surface area contributed by atoms with Crippen LogP contribution in [-0.2, 0) is 26.2 Å². The molecule has 0 aromatic heterocycles. The number of para-hydroxylation sites is 1. The van der Waals surface area contributed by atoms with Crippen molar-refractivity contribution in [2.24, 2.45) is 0 Å². The van der Waals surface area contributed by atoms with Crippen LogP contribution >= 0.6 is 0 Å². The zero-order valence-electron chi connectivity index (χ0n) is 20.9. The van der Waals surface area contributed by atoms with E-state index in [0.717, 1.165) is 21.9 Å². The minimum Gasteiger partial charge on any atom is -0.354 e. The lowest BCUT2D eigenvalue weighted by molar-refractivity contribution is -0.139. The zero-order valence-corrected chi connectivity index (χ0v) is 21.7. The maximum absolute atomic E-state index is 13.8. The summed E-state index contributed by atoms with van der Waals surface area (Å²) in [5, 5.41) is 2.84. The van der Waals surface area contributed by atoms with Crippen molar-refractivity contribution in [1.29, 1.82) is 0 Å². The van der Waals surface area contributed by atoms with Gasteiger partial charge in [0.15, 0.2) is 0 Å². The minimum atomic E-state index is -4.04. The standard InChI is InChI=1S/C28H33N3O4S/c1-4-18-29-28(33)23(3)30(20-24-13-11-12-22(2)19-24)27(32)21-31(25-14-7-5-8-15-25)36(34,35)26-16-9-6-10-17-26/h5-17,19,23H,4,18,20-21H2,1-3H3,(H,29,33)/t23-/m0/s1. The van der Waals surface area contributed by atoms with Crippen molar-refractivity contribution in [1.82, 2.24) is 10.2 Å². The predicted molar refractivity (Wildman–Crippen MR) is 142 cm³/mol. The molecule has 0 bridgehead atoms. The van der Waals surface area contributed by atoms with E-state index >= 15 is 0 Å². The molecule has 0 saturated heterocycles. The summed E-state index contributed by atoms with van der Waals surface area (Å²) in [5.41, 5.74) is 2.25. The molecule has 0 fully saturated rings. The van der Waals surface area contributed by atoms with Crippen LogP contribution in [0.2, 0.25) is 0 Å². The third-order valence-electron chi connectivity index (χ3n) is 5.81. The number of amides is 2. The van der Waals surface area contributed by atoms with Gasteiger partial charge in [0.2, 0.25) is 11.8 Å². The third-order valence-corrected chi connectivity index (χ3v) is 7.59. The van der Waals surface area contributed by atoms with Gasteiger partial charge < -0.3 is 10.2 Å². The van der Waals surface area contributed by atoms with Crippen molar-refractivity contribution in [3.8, 4) is 0 Å². The van der Waals surface area contributed by atoms with E-state index < -0.39 is 28.5 Å². The van der Waals surface area contributed by atoms with Gasteiger partial charge >= 0.3 is 0 Å². The van der Waals surface area contributed by atoms with Crippen LogP contribution in [0.1, 0.15) is 31.4 Å². The number of hydrogen-bond donors (Lipinski definition) is 1. The molecule has 8 heteroatoms. The van der Waals surface area contributed by atoms with Gasteiger partial charge in [0.25, 0.3) is 10.0 Å². The lowest BCUT2D eigenvalue weighted by Crippen LogP contribution is -2.51. The SMILES string of the molecule is CCCNC(=O)[C@H](C)N(Cc1cccc(C)c1)C(=O)CN(c1ccccc1)S(=O)(=O)c1ccccc1. The number of carbonyl (C=O) groups excluding carboxylic acids is 2. The van der Waals surface area contributed by atoms with Crippen molar-refractivity contribution >= 4 is 27.5 Å². The Hall–Kier alpha value is -3.65. The highest BCUT2D eigenvalue weighted by atomic mass is 32.2. The largest absolute Gasteiger partial charge is 0.354 e. The van der Waals surface area contributed by atoms with Crippen molar-refractivity contribution in [3.63, 3.8) is 0 Å². The summed E-state index contributed by atoms with van der Waals surface area (Å²) in [4.78, 5) is 28.1. The van der Waals surface area contributed by atoms with Gasteiger partial charge in [-0.15, -0.1) is 0 Å². The molecule has 0 aliphatic heterocycles. The minimum absolute atomic E-state index is 0.0839. The average Bonchev–Trinajstić information content (AvgIpc) is 2.89. The van der Waals surface area contributed by atoms with Crippen molar-refractivity contribution in [2.45, 2.75) is 44.7 Å². The molecule has 36 heavy (non-hydrogen) atoms. The van der Waals surface area contributed by atoms with E-state index in [2.05, 4.69) is 5.32 Å². The van der Waals surface area contributed by atoms with Crippen molar-refractivity contribution in [3.05, 3.63) is 96.1 Å². The second kappa shape index (κ2) is 12.4. The highest BCUT2D eigenvalue weighted by molar-refractivity contribution is 7.92. The van der Waals surface area contributed by atoms with E-state index in [4.69, 9.17) is 0 Å². The Morgan fingerprint density at radius 2 is 1.56 bits per heavy atom. The molecule has 190 valence electrons. The van der Waals surface area contributed by atoms with Crippen LogP contribution in [0.4, 0.5) is 5.69 Å². The Labute approximate surface area is 213 Å². The summed E-state index contributed by atoms with van der Waals surface area (Å²) in [7, 11) is -4.04. The van der Waals surface area contributed by atoms with Gasteiger partial charge in [-0.05, 0) is 50.1 Å². The molecule has 1 N–H and O–H groups in total. The lowest BCUT2D eigenvalue weighted by atomic mass is 10.1. The fraction of sp³-hybridized carbons (Fsp3) is 0.286. The summed E-state index contributed by atoms with van der Waals surface area (Å²) in [5.74, 6) is -0.756. The molecule has 0 saturated carbocycles. The van der Waals surface area contributed by atoms with Crippen molar-refractivity contribution in [2.75, 3.05) is 17.4 Å². The molecule has 3 aromatic rings. The molecule has 7 nitrogen and oxygen atoms in total. The number of aryl methyl sites for hydroxylation is 1. The third kappa shape index (κ3) is 6.73. The second-order valence-corrected chi connectivity index (χ2v) is 10.5. The average molecular weight is 508 g/mol. The molecule has 0 heterocycles. The summed E-state index contributed by atoms with van der Waals surface area (Å²) in [6.45, 7) is 5.79. The van der Waals surface area contributed by atoms with E-state index in [0.29, 0.717) is 12.2 Å². The molecule has 1 atom stereocenters. The second-order valence-electron chi connectivity index (χ2n) is 8.64. The normalized spacial score (nSPS) is 12.0. The Kier molecular flexibility index (Phi) is 9.25. The maximum Gasteiger partial charge on any atom is 0.264 e. The zero-order chi connectivity index (χ0) is 26.1. The maximum atomic E-state index is 13.8. The number of rotatable bonds is 11. The highest BCUT2D eigenvalue weighted by Crippen LogP contribution is 2.24. The van der Waals surface area contributed by atoms with Gasteiger partial charge in [-0.1, -0.05) is 73.2 Å². The Balaban J connectivity index is 1.98. The number of hydrogen-bond acceptors (Lipinski definition) is 4. The number of benzene rings is 3. The first-order valence-electron chi connectivity index (χ1n) is 12.0. The molecule has 0 radical (unpaired) electrons. The molecule has 0 aliphatic rings. The van der Waals surface area contributed by atoms with E-state index in [1.54, 1.807) is 55.5 Å². The van der Waals surface area contributed by atoms with E-state index in [9.17, 15) is 18.0 Å². The van der Waals surface area contributed by atoms with Gasteiger partial charge in [-0.25, -0.2) is 8.42 Å². The molecule has 0 aliphatic carbocycles. The lowest BCUT2D eigenvalue weighted by Gasteiger charge is -2.32. The molecule has 3 aromatic carbocycles. The number of carbonyl (C=O) groups is 2. The van der Waals surface area contributed by atoms with Crippen LogP contribution in [0.15, 0.2) is 89.8 Å². The first-order chi connectivity index (χ1) is 17.2. The summed E-state index contributed by atoms with van der Waals surface area (Å²) >= 11 is 0.